The Kier molecular flexibility index (Phi) is 4.86. The van der Waals surface area contributed by atoms with Crippen LogP contribution in [-0.4, -0.2) is 48.8 Å². The van der Waals surface area contributed by atoms with Gasteiger partial charge in [-0.3, -0.25) is 5.41 Å². The van der Waals surface area contributed by atoms with Gasteiger partial charge in [-0.2, -0.15) is 13.2 Å². The summed E-state index contributed by atoms with van der Waals surface area (Å²) in [5, 5.41) is 15.3. The molecule has 14 heavy (non-hydrogen) atoms. The van der Waals surface area contributed by atoms with Gasteiger partial charge in [0.15, 0.2) is 0 Å². The molecule has 0 bridgehead atoms. The third-order valence-corrected chi connectivity index (χ3v) is 1.75. The molecule has 0 aliphatic rings. The van der Waals surface area contributed by atoms with Gasteiger partial charge in [0.1, 0.15) is 11.8 Å². The van der Waals surface area contributed by atoms with Crippen molar-refractivity contribution in [1.82, 2.24) is 4.90 Å². The second-order valence-electron chi connectivity index (χ2n) is 3.04. The van der Waals surface area contributed by atoms with E-state index in [-0.39, 0.29) is 13.2 Å². The number of nitrogens with two attached hydrogens (primary N) is 1. The maximum absolute atomic E-state index is 12.3. The smallest absolute Gasteiger partial charge is 0.395 e. The quantitative estimate of drug-likeness (QED) is 0.445. The summed E-state index contributed by atoms with van der Waals surface area (Å²) < 4.78 is 36.8. The molecule has 7 heteroatoms. The predicted molar refractivity (Wildman–Crippen MR) is 46.0 cm³/mol. The molecule has 0 rings (SSSR count). The third-order valence-electron chi connectivity index (χ3n) is 1.75. The molecular formula is C7H14F3N3O. The molecule has 84 valence electrons. The van der Waals surface area contributed by atoms with Crippen LogP contribution in [-0.2, 0) is 0 Å². The van der Waals surface area contributed by atoms with Crippen LogP contribution in [0.5, 0.6) is 0 Å². The van der Waals surface area contributed by atoms with Gasteiger partial charge in [-0.25, -0.2) is 0 Å². The van der Waals surface area contributed by atoms with Crippen LogP contribution >= 0.6 is 0 Å². The number of amidine groups is 1. The Labute approximate surface area is 80.0 Å². The van der Waals surface area contributed by atoms with E-state index in [9.17, 15) is 13.2 Å². The van der Waals surface area contributed by atoms with E-state index in [2.05, 4.69) is 0 Å². The van der Waals surface area contributed by atoms with Crippen molar-refractivity contribution in [2.24, 2.45) is 11.7 Å². The number of nitrogens with zero attached hydrogens (tertiary/aromatic N) is 1. The number of likely N-dealkylation sites (N-methyl/N-ethyl adjacent to an activating group) is 1. The van der Waals surface area contributed by atoms with Crippen LogP contribution in [0.25, 0.3) is 0 Å². The average molecular weight is 213 g/mol. The van der Waals surface area contributed by atoms with Gasteiger partial charge in [0.2, 0.25) is 0 Å². The topological polar surface area (TPSA) is 73.3 Å². The molecule has 4 N–H and O–H groups in total. The lowest BCUT2D eigenvalue weighted by molar-refractivity contribution is -0.159. The molecule has 0 aliphatic carbocycles. The van der Waals surface area contributed by atoms with E-state index < -0.39 is 24.5 Å². The molecule has 0 saturated carbocycles. The lowest BCUT2D eigenvalue weighted by Crippen LogP contribution is -2.43. The fourth-order valence-corrected chi connectivity index (χ4v) is 0.952. The first kappa shape index (κ1) is 13.2. The molecular weight excluding hydrogens is 199 g/mol. The molecule has 0 aromatic rings. The first-order chi connectivity index (χ1) is 6.29. The van der Waals surface area contributed by atoms with E-state index >= 15 is 0 Å². The number of hydrogen-bond donors (Lipinski definition) is 3. The molecule has 1 unspecified atom stereocenters. The van der Waals surface area contributed by atoms with E-state index in [0.717, 1.165) is 0 Å². The number of nitrogens with one attached hydrogen (secondary N) is 1. The summed E-state index contributed by atoms with van der Waals surface area (Å²) in [5.41, 5.74) is 4.84. The van der Waals surface area contributed by atoms with E-state index in [0.29, 0.717) is 0 Å². The molecule has 0 aliphatic heterocycles. The number of rotatable bonds is 5. The monoisotopic (exact) mass is 213 g/mol. The third kappa shape index (κ3) is 4.43. The fourth-order valence-electron chi connectivity index (χ4n) is 0.952. The van der Waals surface area contributed by atoms with Crippen molar-refractivity contribution in [3.63, 3.8) is 0 Å². The van der Waals surface area contributed by atoms with Crippen LogP contribution < -0.4 is 5.73 Å². The van der Waals surface area contributed by atoms with Crippen molar-refractivity contribution in [2.45, 2.75) is 6.18 Å². The zero-order chi connectivity index (χ0) is 11.4. The van der Waals surface area contributed by atoms with Gasteiger partial charge < -0.3 is 15.7 Å². The Hall–Kier alpha value is -0.820. The van der Waals surface area contributed by atoms with Crippen LogP contribution in [0.2, 0.25) is 0 Å². The Balaban J connectivity index is 4.32. The molecule has 0 saturated heterocycles. The molecule has 0 spiro atoms. The van der Waals surface area contributed by atoms with Crippen LogP contribution in [0.3, 0.4) is 0 Å². The summed E-state index contributed by atoms with van der Waals surface area (Å²) in [4.78, 5) is 1.28. The van der Waals surface area contributed by atoms with Crippen molar-refractivity contribution in [2.75, 3.05) is 26.7 Å². The van der Waals surface area contributed by atoms with Gasteiger partial charge >= 0.3 is 6.18 Å². The van der Waals surface area contributed by atoms with E-state index in [1.807, 2.05) is 0 Å². The normalized spacial score (nSPS) is 14.4. The fraction of sp³-hybridized carbons (Fsp3) is 0.857. The van der Waals surface area contributed by atoms with Crippen molar-refractivity contribution in [3.05, 3.63) is 0 Å². The lowest BCUT2D eigenvalue weighted by atomic mass is 10.1. The SMILES string of the molecule is CN(CCO)CC(C(=N)N)C(F)(F)F. The maximum Gasteiger partial charge on any atom is 0.399 e. The Morgan fingerprint density at radius 1 is 1.57 bits per heavy atom. The lowest BCUT2D eigenvalue weighted by Gasteiger charge is -2.24. The highest BCUT2D eigenvalue weighted by Gasteiger charge is 2.42. The molecule has 0 aromatic heterocycles. The van der Waals surface area contributed by atoms with E-state index in [1.54, 1.807) is 0 Å². The summed E-state index contributed by atoms with van der Waals surface area (Å²) in [6.45, 7) is -0.502. The zero-order valence-electron chi connectivity index (χ0n) is 7.80. The standard InChI is InChI=1S/C7H14F3N3O/c1-13(2-3-14)4-5(6(11)12)7(8,9)10/h5,14H,2-4H2,1H3,(H3,11,12). The molecule has 0 radical (unpaired) electrons. The van der Waals surface area contributed by atoms with Crippen LogP contribution in [0.4, 0.5) is 13.2 Å². The molecule has 4 nitrogen and oxygen atoms in total. The molecule has 0 fully saturated rings. The molecule has 1 atom stereocenters. The number of aliphatic hydroxyl groups is 1. The second kappa shape index (κ2) is 5.16. The highest BCUT2D eigenvalue weighted by atomic mass is 19.4. The summed E-state index contributed by atoms with van der Waals surface area (Å²) in [7, 11) is 1.43. The summed E-state index contributed by atoms with van der Waals surface area (Å²) in [5.74, 6) is -2.86. The zero-order valence-corrected chi connectivity index (χ0v) is 7.80. The minimum absolute atomic E-state index is 0.125. The first-order valence-electron chi connectivity index (χ1n) is 3.99. The molecule has 0 aromatic carbocycles. The summed E-state index contributed by atoms with van der Waals surface area (Å²) >= 11 is 0. The Morgan fingerprint density at radius 2 is 2.07 bits per heavy atom. The largest absolute Gasteiger partial charge is 0.399 e. The number of alkyl halides is 3. The highest BCUT2D eigenvalue weighted by Crippen LogP contribution is 2.26. The molecule has 0 amide bonds. The van der Waals surface area contributed by atoms with Gasteiger partial charge in [-0.05, 0) is 7.05 Å². The predicted octanol–water partition coefficient (Wildman–Crippen LogP) is 0.0250. The highest BCUT2D eigenvalue weighted by molar-refractivity contribution is 5.80. The Morgan fingerprint density at radius 3 is 2.36 bits per heavy atom. The maximum atomic E-state index is 12.3. The number of halogens is 3. The summed E-state index contributed by atoms with van der Waals surface area (Å²) in [6.07, 6.45) is -4.50. The Bertz CT molecular complexity index is 195. The van der Waals surface area contributed by atoms with Gasteiger partial charge in [-0.15, -0.1) is 0 Å². The van der Waals surface area contributed by atoms with Gasteiger partial charge in [0, 0.05) is 13.1 Å². The van der Waals surface area contributed by atoms with Crippen LogP contribution in [0.15, 0.2) is 0 Å². The number of hydrogen-bond acceptors (Lipinski definition) is 3. The first-order valence-corrected chi connectivity index (χ1v) is 3.99. The second-order valence-corrected chi connectivity index (χ2v) is 3.04. The van der Waals surface area contributed by atoms with Crippen LogP contribution in [0, 0.1) is 11.3 Å². The number of aliphatic hydroxyl groups excluding tert-OH is 1. The van der Waals surface area contributed by atoms with Crippen molar-refractivity contribution < 1.29 is 18.3 Å². The van der Waals surface area contributed by atoms with E-state index in [4.69, 9.17) is 16.2 Å². The van der Waals surface area contributed by atoms with Crippen LogP contribution in [0.1, 0.15) is 0 Å². The van der Waals surface area contributed by atoms with Crippen molar-refractivity contribution >= 4 is 5.84 Å². The van der Waals surface area contributed by atoms with Gasteiger partial charge in [0.25, 0.3) is 0 Å². The van der Waals surface area contributed by atoms with Crippen molar-refractivity contribution in [1.29, 1.82) is 5.41 Å². The van der Waals surface area contributed by atoms with E-state index in [1.165, 1.54) is 11.9 Å². The van der Waals surface area contributed by atoms with Crippen molar-refractivity contribution in [3.8, 4) is 0 Å². The van der Waals surface area contributed by atoms with Gasteiger partial charge in [-0.1, -0.05) is 0 Å². The summed E-state index contributed by atoms with van der Waals surface area (Å²) in [6, 6.07) is 0. The average Bonchev–Trinajstić information content (AvgIpc) is 1.98. The molecule has 0 heterocycles. The van der Waals surface area contributed by atoms with Gasteiger partial charge in [0.05, 0.1) is 6.61 Å². The minimum atomic E-state index is -4.50. The minimum Gasteiger partial charge on any atom is -0.395 e.